The third-order valence-corrected chi connectivity index (χ3v) is 9.85. The molecule has 2 heteroatoms. The van der Waals surface area contributed by atoms with Crippen LogP contribution >= 0.6 is 0 Å². The Kier molecular flexibility index (Phi) is 5.62. The van der Waals surface area contributed by atoms with E-state index < -0.39 is 0 Å². The molecule has 0 bridgehead atoms. The fraction of sp³-hybridized carbons (Fsp3) is 0.852. The second kappa shape index (κ2) is 7.65. The summed E-state index contributed by atoms with van der Waals surface area (Å²) in [5, 5.41) is 0. The monoisotopic (exact) mass is 398 g/mol. The van der Waals surface area contributed by atoms with Gasteiger partial charge in [0.2, 0.25) is 0 Å². The van der Waals surface area contributed by atoms with Crippen LogP contribution in [0.1, 0.15) is 98.8 Å². The average Bonchev–Trinajstić information content (AvgIpc) is 2.98. The van der Waals surface area contributed by atoms with Crippen LogP contribution in [-0.4, -0.2) is 11.6 Å². The van der Waals surface area contributed by atoms with E-state index >= 15 is 0 Å². The maximum Gasteiger partial charge on any atom is 0.155 e. The maximum atomic E-state index is 13.7. The SMILES string of the molecule is CC(C)CCC[C@@H](C)[C@H]1CC[C@H]2[C@@H]3CCC4=CC(=O)CC[C@]4(C)[C@H]3C(=O)C[C@]12C. The summed E-state index contributed by atoms with van der Waals surface area (Å²) in [5.41, 5.74) is 1.46. The van der Waals surface area contributed by atoms with Crippen LogP contribution in [0.5, 0.6) is 0 Å². The molecule has 0 spiro atoms. The molecule has 2 nitrogen and oxygen atoms in total. The Morgan fingerprint density at radius 2 is 1.79 bits per heavy atom. The van der Waals surface area contributed by atoms with Crippen molar-refractivity contribution in [1.82, 2.24) is 0 Å². The summed E-state index contributed by atoms with van der Waals surface area (Å²) in [5.74, 6) is 4.46. The molecule has 3 fully saturated rings. The first-order valence-corrected chi connectivity index (χ1v) is 12.4. The largest absolute Gasteiger partial charge is 0.299 e. The Balaban J connectivity index is 1.55. The Hall–Kier alpha value is -0.920. The van der Waals surface area contributed by atoms with Crippen molar-refractivity contribution in [3.05, 3.63) is 11.6 Å². The predicted molar refractivity (Wildman–Crippen MR) is 118 cm³/mol. The Bertz CT molecular complexity index is 703. The number of rotatable bonds is 5. The van der Waals surface area contributed by atoms with Crippen LogP contribution in [0, 0.1) is 46.3 Å². The van der Waals surface area contributed by atoms with Gasteiger partial charge >= 0.3 is 0 Å². The number of hydrogen-bond donors (Lipinski definition) is 0. The summed E-state index contributed by atoms with van der Waals surface area (Å²) < 4.78 is 0. The molecular formula is C27H42O2. The Morgan fingerprint density at radius 3 is 2.52 bits per heavy atom. The quantitative estimate of drug-likeness (QED) is 0.512. The van der Waals surface area contributed by atoms with E-state index in [4.69, 9.17) is 0 Å². The number of carbonyl (C=O) groups excluding carboxylic acids is 2. The Morgan fingerprint density at radius 1 is 1.03 bits per heavy atom. The minimum Gasteiger partial charge on any atom is -0.299 e. The maximum absolute atomic E-state index is 13.7. The molecule has 0 heterocycles. The molecule has 0 aromatic heterocycles. The predicted octanol–water partition coefficient (Wildman–Crippen LogP) is 6.78. The van der Waals surface area contributed by atoms with Crippen LogP contribution < -0.4 is 0 Å². The van der Waals surface area contributed by atoms with Crippen molar-refractivity contribution in [2.75, 3.05) is 0 Å². The molecule has 0 radical (unpaired) electrons. The smallest absolute Gasteiger partial charge is 0.155 e. The highest BCUT2D eigenvalue weighted by Gasteiger charge is 2.62. The summed E-state index contributed by atoms with van der Waals surface area (Å²) in [6.07, 6.45) is 13.0. The number of allylic oxidation sites excluding steroid dienone is 1. The van der Waals surface area contributed by atoms with Crippen molar-refractivity contribution in [3.63, 3.8) is 0 Å². The van der Waals surface area contributed by atoms with E-state index in [-0.39, 0.29) is 22.5 Å². The van der Waals surface area contributed by atoms with Crippen LogP contribution in [0.4, 0.5) is 0 Å². The topological polar surface area (TPSA) is 34.1 Å². The van der Waals surface area contributed by atoms with Gasteiger partial charge in [0.25, 0.3) is 0 Å². The molecule has 0 amide bonds. The lowest BCUT2D eigenvalue weighted by atomic mass is 9.46. The van der Waals surface area contributed by atoms with E-state index in [9.17, 15) is 9.59 Å². The normalized spacial score (nSPS) is 42.9. The van der Waals surface area contributed by atoms with Gasteiger partial charge in [0.15, 0.2) is 5.78 Å². The van der Waals surface area contributed by atoms with Gasteiger partial charge in [-0.1, -0.05) is 59.5 Å². The van der Waals surface area contributed by atoms with E-state index in [0.717, 1.165) is 37.5 Å². The third kappa shape index (κ3) is 3.47. The highest BCUT2D eigenvalue weighted by molar-refractivity contribution is 5.93. The number of carbonyl (C=O) groups is 2. The lowest BCUT2D eigenvalue weighted by Crippen LogP contribution is -2.55. The van der Waals surface area contributed by atoms with Crippen molar-refractivity contribution in [3.8, 4) is 0 Å². The second-order valence-electron chi connectivity index (χ2n) is 12.0. The molecule has 4 rings (SSSR count). The zero-order chi connectivity index (χ0) is 21.0. The van der Waals surface area contributed by atoms with E-state index in [0.29, 0.717) is 30.0 Å². The minimum absolute atomic E-state index is 0.0454. The van der Waals surface area contributed by atoms with Gasteiger partial charge in [0.1, 0.15) is 5.78 Å². The summed E-state index contributed by atoms with van der Waals surface area (Å²) in [4.78, 5) is 25.7. The van der Waals surface area contributed by atoms with Crippen molar-refractivity contribution >= 4 is 11.6 Å². The molecule has 4 aliphatic carbocycles. The fourth-order valence-electron chi connectivity index (χ4n) is 8.40. The molecule has 0 aromatic rings. The highest BCUT2D eigenvalue weighted by atomic mass is 16.1. The number of ketones is 2. The first kappa shape index (κ1) is 21.3. The van der Waals surface area contributed by atoms with Gasteiger partial charge in [-0.3, -0.25) is 9.59 Å². The van der Waals surface area contributed by atoms with Crippen LogP contribution in [0.15, 0.2) is 11.6 Å². The van der Waals surface area contributed by atoms with Crippen LogP contribution in [-0.2, 0) is 9.59 Å². The summed E-state index contributed by atoms with van der Waals surface area (Å²) >= 11 is 0. The van der Waals surface area contributed by atoms with Gasteiger partial charge < -0.3 is 0 Å². The number of hydrogen-bond acceptors (Lipinski definition) is 2. The van der Waals surface area contributed by atoms with Crippen LogP contribution in [0.25, 0.3) is 0 Å². The summed E-state index contributed by atoms with van der Waals surface area (Å²) in [6.45, 7) is 11.9. The van der Waals surface area contributed by atoms with E-state index in [1.165, 1.54) is 37.7 Å². The van der Waals surface area contributed by atoms with Crippen molar-refractivity contribution in [2.24, 2.45) is 46.3 Å². The van der Waals surface area contributed by atoms with Crippen molar-refractivity contribution in [1.29, 1.82) is 0 Å². The van der Waals surface area contributed by atoms with Crippen LogP contribution in [0.2, 0.25) is 0 Å². The van der Waals surface area contributed by atoms with E-state index in [1.807, 2.05) is 6.08 Å². The second-order valence-corrected chi connectivity index (χ2v) is 12.0. The minimum atomic E-state index is -0.0454. The molecule has 0 unspecified atom stereocenters. The van der Waals surface area contributed by atoms with Crippen molar-refractivity contribution < 1.29 is 9.59 Å². The lowest BCUT2D eigenvalue weighted by molar-refractivity contribution is -0.147. The molecule has 29 heavy (non-hydrogen) atoms. The summed E-state index contributed by atoms with van der Waals surface area (Å²) in [6, 6.07) is 0. The molecule has 162 valence electrons. The zero-order valence-corrected chi connectivity index (χ0v) is 19.4. The van der Waals surface area contributed by atoms with Crippen LogP contribution in [0.3, 0.4) is 0 Å². The van der Waals surface area contributed by atoms with Gasteiger partial charge in [-0.2, -0.15) is 0 Å². The molecule has 0 aromatic carbocycles. The van der Waals surface area contributed by atoms with Gasteiger partial charge in [-0.15, -0.1) is 0 Å². The van der Waals surface area contributed by atoms with Gasteiger partial charge in [0.05, 0.1) is 0 Å². The first-order valence-electron chi connectivity index (χ1n) is 12.4. The highest BCUT2D eigenvalue weighted by Crippen LogP contribution is 2.66. The van der Waals surface area contributed by atoms with Gasteiger partial charge in [0, 0.05) is 18.8 Å². The van der Waals surface area contributed by atoms with Gasteiger partial charge in [-0.25, -0.2) is 0 Å². The number of Topliss-reactive ketones (excluding diaryl/α,β-unsaturated/α-hetero) is 1. The molecule has 0 aliphatic heterocycles. The summed E-state index contributed by atoms with van der Waals surface area (Å²) in [7, 11) is 0. The Labute approximate surface area is 178 Å². The van der Waals surface area contributed by atoms with Crippen molar-refractivity contribution in [2.45, 2.75) is 98.8 Å². The molecular weight excluding hydrogens is 356 g/mol. The first-order chi connectivity index (χ1) is 13.7. The third-order valence-electron chi connectivity index (χ3n) is 9.85. The lowest BCUT2D eigenvalue weighted by Gasteiger charge is -2.57. The zero-order valence-electron chi connectivity index (χ0n) is 19.4. The molecule has 7 atom stereocenters. The fourth-order valence-corrected chi connectivity index (χ4v) is 8.40. The molecule has 4 aliphatic rings. The molecule has 0 N–H and O–H groups in total. The van der Waals surface area contributed by atoms with E-state index in [2.05, 4.69) is 34.6 Å². The van der Waals surface area contributed by atoms with Gasteiger partial charge in [-0.05, 0) is 78.6 Å². The molecule has 0 saturated heterocycles. The standard InChI is InChI=1S/C27H42O2/c1-17(2)7-6-8-18(3)22-11-12-23-21-10-9-19-15-20(28)13-14-26(19,4)25(21)24(29)16-27(22,23)5/h15,17-18,21-23,25H,6-14,16H2,1-5H3/t18-,21+,22-,23+,25-,26+,27-/m1/s1. The molecule has 3 saturated carbocycles. The number of fused-ring (bicyclic) bond motifs is 5. The average molecular weight is 399 g/mol. The van der Waals surface area contributed by atoms with E-state index in [1.54, 1.807) is 0 Å².